The van der Waals surface area contributed by atoms with E-state index in [9.17, 15) is 22.4 Å². The lowest BCUT2D eigenvalue weighted by molar-refractivity contribution is -0.165. The van der Waals surface area contributed by atoms with Gasteiger partial charge in [-0.15, -0.1) is 0 Å². The second kappa shape index (κ2) is 9.58. The lowest BCUT2D eigenvalue weighted by Gasteiger charge is -2.26. The van der Waals surface area contributed by atoms with Crippen LogP contribution in [0.4, 0.5) is 23.4 Å². The lowest BCUT2D eigenvalue weighted by Crippen LogP contribution is -2.28. The van der Waals surface area contributed by atoms with E-state index >= 15 is 0 Å². The number of halogens is 4. The predicted molar refractivity (Wildman–Crippen MR) is 131 cm³/mol. The highest BCUT2D eigenvalue weighted by atomic mass is 19.4. The summed E-state index contributed by atoms with van der Waals surface area (Å²) in [4.78, 5) is 25.6. The molecule has 0 aliphatic heterocycles. The normalized spacial score (nSPS) is 16.6. The molecule has 1 amide bonds. The van der Waals surface area contributed by atoms with Crippen LogP contribution in [0.2, 0.25) is 0 Å². The summed E-state index contributed by atoms with van der Waals surface area (Å²) in [6.45, 7) is 0. The Labute approximate surface area is 220 Å². The maximum Gasteiger partial charge on any atom is 0.401 e. The third-order valence-corrected chi connectivity index (χ3v) is 7.48. The molecular weight excluding hydrogens is 516 g/mol. The minimum Gasteiger partial charge on any atom is -0.358 e. The van der Waals surface area contributed by atoms with Crippen molar-refractivity contribution in [3.63, 3.8) is 0 Å². The average Bonchev–Trinajstić information content (AvgIpc) is 3.38. The summed E-state index contributed by atoms with van der Waals surface area (Å²) >= 11 is 0. The van der Waals surface area contributed by atoms with Gasteiger partial charge in [-0.25, -0.2) is 19.3 Å². The molecule has 39 heavy (non-hydrogen) atoms. The number of carbonyl (C=O) groups is 1. The second-order valence-electron chi connectivity index (χ2n) is 10.1. The summed E-state index contributed by atoms with van der Waals surface area (Å²) in [7, 11) is 0. The molecule has 0 unspecified atom stereocenters. The number of amides is 1. The van der Waals surface area contributed by atoms with E-state index in [1.54, 1.807) is 18.5 Å². The van der Waals surface area contributed by atoms with Gasteiger partial charge in [0.05, 0.1) is 24.9 Å². The molecule has 4 aromatic rings. The van der Waals surface area contributed by atoms with E-state index in [1.807, 2.05) is 12.5 Å². The van der Waals surface area contributed by atoms with Crippen molar-refractivity contribution in [2.45, 2.75) is 62.6 Å². The van der Waals surface area contributed by atoms with Crippen molar-refractivity contribution < 1.29 is 26.9 Å². The summed E-state index contributed by atoms with van der Waals surface area (Å²) < 4.78 is 61.6. The molecule has 3 aromatic heterocycles. The van der Waals surface area contributed by atoms with E-state index < -0.39 is 23.3 Å². The van der Waals surface area contributed by atoms with Gasteiger partial charge in [0.25, 0.3) is 0 Å². The fourth-order valence-electron chi connectivity index (χ4n) is 4.70. The number of nitrogens with zero attached hydrogens (tertiary/aromatic N) is 5. The number of anilines is 1. The van der Waals surface area contributed by atoms with Crippen molar-refractivity contribution in [1.29, 1.82) is 0 Å². The van der Waals surface area contributed by atoms with Gasteiger partial charge in [0.2, 0.25) is 5.91 Å². The van der Waals surface area contributed by atoms with Gasteiger partial charge in [-0.2, -0.15) is 13.2 Å². The second-order valence-corrected chi connectivity index (χ2v) is 10.1. The molecule has 6 rings (SSSR count). The van der Waals surface area contributed by atoms with Crippen molar-refractivity contribution in [2.24, 2.45) is 0 Å². The molecule has 2 aliphatic carbocycles. The fourth-order valence-corrected chi connectivity index (χ4v) is 4.70. The molecular formula is C27H24F4N6O2. The standard InChI is InChI=1S/C27H24F4N6O2/c28-21-8-16(18-12-32-23(33-13-18)10-19-14-37(15-34-19)20-2-1-3-20)4-5-17(21)9-25(38)35-24-11-22(39-36-24)26(6-7-26)27(29,30)31/h4-5,8,11-15,20H,1-3,6-7,9-10H2,(H,35,36,38). The summed E-state index contributed by atoms with van der Waals surface area (Å²) in [6, 6.07) is 6.02. The average molecular weight is 541 g/mol. The Morgan fingerprint density at radius 3 is 2.51 bits per heavy atom. The van der Waals surface area contributed by atoms with Crippen LogP contribution < -0.4 is 5.32 Å². The highest BCUT2D eigenvalue weighted by Crippen LogP contribution is 2.59. The molecule has 12 heteroatoms. The molecule has 0 atom stereocenters. The Bertz CT molecular complexity index is 1500. The van der Waals surface area contributed by atoms with Crippen LogP contribution >= 0.6 is 0 Å². The van der Waals surface area contributed by atoms with Crippen molar-refractivity contribution in [1.82, 2.24) is 24.7 Å². The Morgan fingerprint density at radius 1 is 1.10 bits per heavy atom. The molecule has 0 saturated heterocycles. The van der Waals surface area contributed by atoms with Crippen LogP contribution in [0.3, 0.4) is 0 Å². The third-order valence-electron chi connectivity index (χ3n) is 7.48. The summed E-state index contributed by atoms with van der Waals surface area (Å²) in [5.74, 6) is -1.12. The van der Waals surface area contributed by atoms with Gasteiger partial charge in [0, 0.05) is 36.3 Å². The van der Waals surface area contributed by atoms with Crippen LogP contribution in [0.25, 0.3) is 11.1 Å². The van der Waals surface area contributed by atoms with Crippen LogP contribution in [-0.2, 0) is 23.1 Å². The molecule has 8 nitrogen and oxygen atoms in total. The van der Waals surface area contributed by atoms with E-state index in [2.05, 4.69) is 30.0 Å². The van der Waals surface area contributed by atoms with Crippen molar-refractivity contribution >= 4 is 11.7 Å². The van der Waals surface area contributed by atoms with E-state index in [-0.39, 0.29) is 36.4 Å². The van der Waals surface area contributed by atoms with Gasteiger partial charge < -0.3 is 14.4 Å². The molecule has 1 N–H and O–H groups in total. The van der Waals surface area contributed by atoms with Crippen LogP contribution in [0, 0.1) is 5.82 Å². The largest absolute Gasteiger partial charge is 0.401 e. The number of carbonyl (C=O) groups excluding carboxylic acids is 1. The molecule has 3 heterocycles. The van der Waals surface area contributed by atoms with Crippen molar-refractivity contribution in [3.05, 3.63) is 77.8 Å². The SMILES string of the molecule is O=C(Cc1ccc(-c2cnc(Cc3cn(C4CCC4)cn3)nc2)cc1F)Nc1cc(C2(C(F)(F)F)CC2)on1. The van der Waals surface area contributed by atoms with Gasteiger partial charge in [-0.05, 0) is 49.3 Å². The summed E-state index contributed by atoms with van der Waals surface area (Å²) in [6.07, 6.45) is 6.23. The summed E-state index contributed by atoms with van der Waals surface area (Å²) in [5, 5.41) is 5.89. The quantitative estimate of drug-likeness (QED) is 0.294. The molecule has 1 aromatic carbocycles. The van der Waals surface area contributed by atoms with E-state index in [0.717, 1.165) is 11.8 Å². The predicted octanol–water partition coefficient (Wildman–Crippen LogP) is 5.56. The number of hydrogen-bond acceptors (Lipinski definition) is 6. The minimum atomic E-state index is -4.46. The molecule has 2 saturated carbocycles. The van der Waals surface area contributed by atoms with Gasteiger partial charge in [-0.3, -0.25) is 4.79 Å². The van der Waals surface area contributed by atoms with Gasteiger partial charge in [-0.1, -0.05) is 17.3 Å². The molecule has 0 bridgehead atoms. The van der Waals surface area contributed by atoms with Gasteiger partial charge in [0.1, 0.15) is 17.1 Å². The minimum absolute atomic E-state index is 0.0871. The molecule has 2 aliphatic rings. The number of alkyl halides is 3. The Balaban J connectivity index is 1.07. The number of aromatic nitrogens is 5. The molecule has 0 spiro atoms. The highest BCUT2D eigenvalue weighted by molar-refractivity contribution is 5.91. The first-order valence-electron chi connectivity index (χ1n) is 12.7. The molecule has 0 radical (unpaired) electrons. The van der Waals surface area contributed by atoms with Crippen LogP contribution in [0.15, 0.2) is 53.7 Å². The van der Waals surface area contributed by atoms with E-state index in [1.165, 1.54) is 31.4 Å². The van der Waals surface area contributed by atoms with Gasteiger partial charge >= 0.3 is 6.18 Å². The topological polar surface area (TPSA) is 98.7 Å². The van der Waals surface area contributed by atoms with Crippen molar-refractivity contribution in [3.8, 4) is 11.1 Å². The Morgan fingerprint density at radius 2 is 1.87 bits per heavy atom. The van der Waals surface area contributed by atoms with E-state index in [0.29, 0.717) is 29.4 Å². The number of imidazole rings is 1. The first kappa shape index (κ1) is 25.2. The fraction of sp³-hybridized carbons (Fsp3) is 0.370. The van der Waals surface area contributed by atoms with E-state index in [4.69, 9.17) is 4.52 Å². The highest BCUT2D eigenvalue weighted by Gasteiger charge is 2.66. The third kappa shape index (κ3) is 5.02. The maximum absolute atomic E-state index is 14.8. The zero-order valence-electron chi connectivity index (χ0n) is 20.7. The zero-order chi connectivity index (χ0) is 27.2. The Hall–Kier alpha value is -4.09. The first-order chi connectivity index (χ1) is 18.7. The van der Waals surface area contributed by atoms with Crippen molar-refractivity contribution in [2.75, 3.05) is 5.32 Å². The molecule has 202 valence electrons. The number of hydrogen-bond donors (Lipinski definition) is 1. The number of benzene rings is 1. The van der Waals surface area contributed by atoms with Crippen LogP contribution in [-0.4, -0.2) is 36.8 Å². The van der Waals surface area contributed by atoms with Gasteiger partial charge in [0.15, 0.2) is 11.6 Å². The van der Waals surface area contributed by atoms with Crippen LogP contribution in [0.1, 0.15) is 61.0 Å². The smallest absolute Gasteiger partial charge is 0.358 e. The van der Waals surface area contributed by atoms with Crippen LogP contribution in [0.5, 0.6) is 0 Å². The maximum atomic E-state index is 14.8. The number of rotatable bonds is 8. The lowest BCUT2D eigenvalue weighted by atomic mass is 9.93. The Kier molecular flexibility index (Phi) is 6.19. The zero-order valence-corrected chi connectivity index (χ0v) is 20.7. The summed E-state index contributed by atoms with van der Waals surface area (Å²) in [5.41, 5.74) is 0.125. The number of nitrogens with one attached hydrogen (secondary N) is 1. The first-order valence-corrected chi connectivity index (χ1v) is 12.7. The monoisotopic (exact) mass is 540 g/mol. The molecule has 2 fully saturated rings.